The summed E-state index contributed by atoms with van der Waals surface area (Å²) in [5.74, 6) is 0.712. The summed E-state index contributed by atoms with van der Waals surface area (Å²) < 4.78 is 0. The van der Waals surface area contributed by atoms with E-state index in [1.807, 2.05) is 13.8 Å². The number of hydrogen-bond donors (Lipinski definition) is 1. The number of unbranched alkanes of at least 4 members (excludes halogenated alkanes) is 1. The van der Waals surface area contributed by atoms with Crippen molar-refractivity contribution >= 4 is 11.6 Å². The molecule has 0 aromatic carbocycles. The SMILES string of the molecule is CCC(O)(CC)CCCCCl. The highest BCUT2D eigenvalue weighted by atomic mass is 35.5. The lowest BCUT2D eigenvalue weighted by Gasteiger charge is -2.24. The molecule has 0 saturated carbocycles. The molecule has 0 amide bonds. The van der Waals surface area contributed by atoms with E-state index < -0.39 is 5.60 Å². The van der Waals surface area contributed by atoms with Crippen molar-refractivity contribution in [2.24, 2.45) is 0 Å². The van der Waals surface area contributed by atoms with Crippen LogP contribution in [0.2, 0.25) is 0 Å². The van der Waals surface area contributed by atoms with Crippen LogP contribution >= 0.6 is 11.6 Å². The van der Waals surface area contributed by atoms with Crippen molar-refractivity contribution in [2.75, 3.05) is 5.88 Å². The first kappa shape index (κ1) is 11.2. The highest BCUT2D eigenvalue weighted by Crippen LogP contribution is 2.21. The van der Waals surface area contributed by atoms with Crippen LogP contribution in [0.25, 0.3) is 0 Å². The van der Waals surface area contributed by atoms with Crippen molar-refractivity contribution in [3.8, 4) is 0 Å². The summed E-state index contributed by atoms with van der Waals surface area (Å²) in [5.41, 5.74) is -0.425. The third-order valence-corrected chi connectivity index (χ3v) is 2.61. The summed E-state index contributed by atoms with van der Waals surface area (Å²) in [7, 11) is 0. The van der Waals surface area contributed by atoms with Crippen LogP contribution in [0, 0.1) is 0 Å². The van der Waals surface area contributed by atoms with Gasteiger partial charge in [-0.1, -0.05) is 13.8 Å². The summed E-state index contributed by atoms with van der Waals surface area (Å²) in [6.45, 7) is 4.06. The maximum atomic E-state index is 9.81. The number of hydrogen-bond acceptors (Lipinski definition) is 1. The minimum Gasteiger partial charge on any atom is -0.390 e. The Hall–Kier alpha value is 0.250. The fourth-order valence-corrected chi connectivity index (χ4v) is 1.34. The van der Waals surface area contributed by atoms with E-state index in [0.29, 0.717) is 5.88 Å². The maximum Gasteiger partial charge on any atom is 0.0642 e. The quantitative estimate of drug-likeness (QED) is 0.490. The molecule has 1 N–H and O–H groups in total. The molecule has 0 unspecified atom stereocenters. The molecule has 11 heavy (non-hydrogen) atoms. The molecular weight excluding hydrogens is 160 g/mol. The van der Waals surface area contributed by atoms with Crippen molar-refractivity contribution < 1.29 is 5.11 Å². The van der Waals surface area contributed by atoms with Crippen molar-refractivity contribution in [3.63, 3.8) is 0 Å². The molecular formula is C9H19ClO. The van der Waals surface area contributed by atoms with Gasteiger partial charge in [0.15, 0.2) is 0 Å². The van der Waals surface area contributed by atoms with E-state index in [4.69, 9.17) is 11.6 Å². The van der Waals surface area contributed by atoms with Gasteiger partial charge in [-0.15, -0.1) is 11.6 Å². The first-order valence-electron chi connectivity index (χ1n) is 4.47. The lowest BCUT2D eigenvalue weighted by Crippen LogP contribution is -2.26. The van der Waals surface area contributed by atoms with Gasteiger partial charge in [0.1, 0.15) is 0 Å². The second-order valence-electron chi connectivity index (χ2n) is 3.08. The molecule has 0 aromatic rings. The van der Waals surface area contributed by atoms with Crippen LogP contribution in [0.5, 0.6) is 0 Å². The zero-order chi connectivity index (χ0) is 8.74. The molecule has 0 atom stereocenters. The molecule has 1 nitrogen and oxygen atoms in total. The third kappa shape index (κ3) is 4.65. The minimum absolute atomic E-state index is 0.425. The first-order chi connectivity index (χ1) is 5.18. The molecule has 0 spiro atoms. The zero-order valence-electron chi connectivity index (χ0n) is 7.57. The molecule has 0 fully saturated rings. The Morgan fingerprint density at radius 3 is 2.09 bits per heavy atom. The second-order valence-corrected chi connectivity index (χ2v) is 3.46. The lowest BCUT2D eigenvalue weighted by atomic mass is 9.91. The van der Waals surface area contributed by atoms with E-state index >= 15 is 0 Å². The van der Waals surface area contributed by atoms with Gasteiger partial charge in [0.25, 0.3) is 0 Å². The molecule has 0 aromatic heterocycles. The highest BCUT2D eigenvalue weighted by Gasteiger charge is 2.20. The predicted octanol–water partition coefficient (Wildman–Crippen LogP) is 2.95. The average molecular weight is 179 g/mol. The van der Waals surface area contributed by atoms with Gasteiger partial charge in [-0.2, -0.15) is 0 Å². The van der Waals surface area contributed by atoms with E-state index in [1.54, 1.807) is 0 Å². The molecule has 0 saturated heterocycles. The van der Waals surface area contributed by atoms with Crippen molar-refractivity contribution in [1.29, 1.82) is 0 Å². The molecule has 2 heteroatoms. The minimum atomic E-state index is -0.425. The first-order valence-corrected chi connectivity index (χ1v) is 5.00. The lowest BCUT2D eigenvalue weighted by molar-refractivity contribution is 0.0216. The van der Waals surface area contributed by atoms with Crippen LogP contribution in [-0.2, 0) is 0 Å². The van der Waals surface area contributed by atoms with Gasteiger partial charge in [0.2, 0.25) is 0 Å². The van der Waals surface area contributed by atoms with Crippen LogP contribution in [0.3, 0.4) is 0 Å². The van der Waals surface area contributed by atoms with Gasteiger partial charge in [-0.25, -0.2) is 0 Å². The number of halogens is 1. The Bertz CT molecular complexity index is 89.6. The standard InChI is InChI=1S/C9H19ClO/c1-3-9(11,4-2)7-5-6-8-10/h11H,3-8H2,1-2H3. The number of aliphatic hydroxyl groups is 1. The summed E-state index contributed by atoms with van der Waals surface area (Å²) in [6.07, 6.45) is 4.66. The van der Waals surface area contributed by atoms with Crippen molar-refractivity contribution in [2.45, 2.75) is 51.6 Å². The van der Waals surface area contributed by atoms with Crippen LogP contribution in [-0.4, -0.2) is 16.6 Å². The highest BCUT2D eigenvalue weighted by molar-refractivity contribution is 6.17. The summed E-state index contributed by atoms with van der Waals surface area (Å²) >= 11 is 5.54. The van der Waals surface area contributed by atoms with Gasteiger partial charge < -0.3 is 5.11 Å². The molecule has 0 bridgehead atoms. The van der Waals surface area contributed by atoms with Crippen molar-refractivity contribution in [3.05, 3.63) is 0 Å². The zero-order valence-corrected chi connectivity index (χ0v) is 8.32. The molecule has 0 rings (SSSR count). The van der Waals surface area contributed by atoms with Gasteiger partial charge in [0.05, 0.1) is 5.60 Å². The van der Waals surface area contributed by atoms with Gasteiger partial charge >= 0.3 is 0 Å². The smallest absolute Gasteiger partial charge is 0.0642 e. The third-order valence-electron chi connectivity index (χ3n) is 2.34. The van der Waals surface area contributed by atoms with Crippen LogP contribution < -0.4 is 0 Å². The fourth-order valence-electron chi connectivity index (χ4n) is 1.15. The van der Waals surface area contributed by atoms with E-state index in [1.165, 1.54) is 0 Å². The van der Waals surface area contributed by atoms with Gasteiger partial charge in [-0.05, 0) is 32.1 Å². The maximum absolute atomic E-state index is 9.81. The Labute approximate surface area is 74.8 Å². The van der Waals surface area contributed by atoms with E-state index in [2.05, 4.69) is 0 Å². The largest absolute Gasteiger partial charge is 0.390 e. The second kappa shape index (κ2) is 5.84. The van der Waals surface area contributed by atoms with E-state index in [-0.39, 0.29) is 0 Å². The van der Waals surface area contributed by atoms with E-state index in [9.17, 15) is 5.11 Å². The van der Waals surface area contributed by atoms with Crippen LogP contribution in [0.4, 0.5) is 0 Å². The Kier molecular flexibility index (Phi) is 5.98. The number of rotatable bonds is 6. The van der Waals surface area contributed by atoms with Crippen LogP contribution in [0.1, 0.15) is 46.0 Å². The topological polar surface area (TPSA) is 20.2 Å². The molecule has 0 radical (unpaired) electrons. The normalized spacial score (nSPS) is 12.0. The number of alkyl halides is 1. The summed E-state index contributed by atoms with van der Waals surface area (Å²) in [6, 6.07) is 0. The molecule has 0 aliphatic heterocycles. The molecule has 0 heterocycles. The molecule has 0 aliphatic carbocycles. The fraction of sp³-hybridized carbons (Fsp3) is 1.00. The monoisotopic (exact) mass is 178 g/mol. The molecule has 68 valence electrons. The Balaban J connectivity index is 3.51. The summed E-state index contributed by atoms with van der Waals surface area (Å²) in [5, 5.41) is 9.81. The Morgan fingerprint density at radius 2 is 1.73 bits per heavy atom. The van der Waals surface area contributed by atoms with Gasteiger partial charge in [-0.3, -0.25) is 0 Å². The molecule has 0 aliphatic rings. The van der Waals surface area contributed by atoms with Crippen molar-refractivity contribution in [1.82, 2.24) is 0 Å². The van der Waals surface area contributed by atoms with E-state index in [0.717, 1.165) is 32.1 Å². The van der Waals surface area contributed by atoms with Gasteiger partial charge in [0, 0.05) is 5.88 Å². The Morgan fingerprint density at radius 1 is 1.18 bits per heavy atom. The summed E-state index contributed by atoms with van der Waals surface area (Å²) in [4.78, 5) is 0. The average Bonchev–Trinajstić information content (AvgIpc) is 2.05. The predicted molar refractivity (Wildman–Crippen MR) is 50.1 cm³/mol. The van der Waals surface area contributed by atoms with Crippen LogP contribution in [0.15, 0.2) is 0 Å².